The van der Waals surface area contributed by atoms with E-state index < -0.39 is 0 Å². The van der Waals surface area contributed by atoms with Gasteiger partial charge in [-0.1, -0.05) is 37.5 Å². The van der Waals surface area contributed by atoms with Crippen molar-refractivity contribution >= 4 is 29.9 Å². The molecular formula is C20H30IN3O2. The number of fused-ring (bicyclic) bond motifs is 1. The molecule has 144 valence electrons. The lowest BCUT2D eigenvalue weighted by Crippen LogP contribution is -2.38. The number of nitrogens with one attached hydrogen (secondary N) is 1. The number of halogens is 1. The van der Waals surface area contributed by atoms with Crippen LogP contribution in [0.4, 0.5) is 0 Å². The molecule has 0 amide bonds. The number of hydrogen-bond acceptors (Lipinski definition) is 3. The summed E-state index contributed by atoms with van der Waals surface area (Å²) >= 11 is 0. The minimum Gasteiger partial charge on any atom is -0.493 e. The zero-order chi connectivity index (χ0) is 17.1. The van der Waals surface area contributed by atoms with E-state index in [1.165, 1.54) is 38.5 Å². The third kappa shape index (κ3) is 4.44. The first-order valence-electron chi connectivity index (χ1n) is 9.70. The molecular weight excluding hydrogens is 441 g/mol. The summed E-state index contributed by atoms with van der Waals surface area (Å²) < 4.78 is 12.1. The van der Waals surface area contributed by atoms with Crippen LogP contribution in [-0.4, -0.2) is 30.8 Å². The fourth-order valence-corrected chi connectivity index (χ4v) is 4.50. The van der Waals surface area contributed by atoms with Gasteiger partial charge in [-0.3, -0.25) is 4.99 Å². The lowest BCUT2D eigenvalue weighted by Gasteiger charge is -2.33. The Balaban J connectivity index is 0.00000196. The summed E-state index contributed by atoms with van der Waals surface area (Å²) in [7, 11) is 0. The van der Waals surface area contributed by atoms with E-state index >= 15 is 0 Å². The van der Waals surface area contributed by atoms with Gasteiger partial charge in [0.15, 0.2) is 5.96 Å². The van der Waals surface area contributed by atoms with E-state index in [0.717, 1.165) is 24.2 Å². The van der Waals surface area contributed by atoms with E-state index in [2.05, 4.69) is 16.4 Å². The maximum Gasteiger partial charge on any atom is 0.189 e. The zero-order valence-corrected chi connectivity index (χ0v) is 17.6. The van der Waals surface area contributed by atoms with Crippen LogP contribution in [0.25, 0.3) is 0 Å². The van der Waals surface area contributed by atoms with Crippen molar-refractivity contribution in [3.8, 4) is 5.75 Å². The third-order valence-corrected chi connectivity index (χ3v) is 5.85. The zero-order valence-electron chi connectivity index (χ0n) is 15.3. The van der Waals surface area contributed by atoms with Crippen LogP contribution in [0.1, 0.15) is 63.0 Å². The number of benzene rings is 1. The van der Waals surface area contributed by atoms with Crippen molar-refractivity contribution in [2.24, 2.45) is 10.7 Å². The summed E-state index contributed by atoms with van der Waals surface area (Å²) in [5.41, 5.74) is 7.46. The second kappa shape index (κ2) is 8.78. The van der Waals surface area contributed by atoms with Crippen molar-refractivity contribution in [2.45, 2.75) is 69.1 Å². The molecule has 3 aliphatic rings. The standard InChI is InChI=1S/C20H29N3O2.HI/c21-19(23-17-9-13-24-18-7-3-2-6-16(17)18)22-14-15-8-12-20(25-15)10-4-1-5-11-20;/h2-3,6-7,15,17H,1,4-5,8-14H2,(H3,21,22,23);1H. The molecule has 1 saturated heterocycles. The predicted octanol–water partition coefficient (Wildman–Crippen LogP) is 3.91. The van der Waals surface area contributed by atoms with Gasteiger partial charge in [-0.05, 0) is 31.7 Å². The smallest absolute Gasteiger partial charge is 0.189 e. The SMILES string of the molecule is I.NC(=NCC1CCC2(CCCCC2)O1)NC1CCOc2ccccc21. The second-order valence-corrected chi connectivity index (χ2v) is 7.62. The molecule has 1 aromatic rings. The molecule has 0 radical (unpaired) electrons. The molecule has 0 bridgehead atoms. The van der Waals surface area contributed by atoms with Gasteiger partial charge >= 0.3 is 0 Å². The molecule has 2 heterocycles. The number of nitrogens with zero attached hydrogens (tertiary/aromatic N) is 1. The number of ether oxygens (including phenoxy) is 2. The first kappa shape index (κ1) is 19.7. The highest BCUT2D eigenvalue weighted by Gasteiger charge is 2.40. The highest BCUT2D eigenvalue weighted by atomic mass is 127. The summed E-state index contributed by atoms with van der Waals surface area (Å²) in [6.45, 7) is 1.36. The number of nitrogens with two attached hydrogens (primary N) is 1. The van der Waals surface area contributed by atoms with E-state index in [1.807, 2.05) is 18.2 Å². The number of hydrogen-bond donors (Lipinski definition) is 2. The Morgan fingerprint density at radius 2 is 1.96 bits per heavy atom. The summed E-state index contributed by atoms with van der Waals surface area (Å²) in [5.74, 6) is 1.45. The van der Waals surface area contributed by atoms with Crippen LogP contribution < -0.4 is 15.8 Å². The molecule has 1 aliphatic carbocycles. The molecule has 1 aromatic carbocycles. The van der Waals surface area contributed by atoms with Crippen molar-refractivity contribution in [2.75, 3.05) is 13.2 Å². The average Bonchev–Trinajstić information content (AvgIpc) is 3.03. The number of guanidine groups is 1. The number of aliphatic imine (C=N–C) groups is 1. The van der Waals surface area contributed by atoms with Gasteiger partial charge in [0.1, 0.15) is 5.75 Å². The quantitative estimate of drug-likeness (QED) is 0.399. The first-order valence-corrected chi connectivity index (χ1v) is 9.70. The van der Waals surface area contributed by atoms with E-state index in [4.69, 9.17) is 15.2 Å². The van der Waals surface area contributed by atoms with Gasteiger partial charge in [0.25, 0.3) is 0 Å². The van der Waals surface area contributed by atoms with Crippen LogP contribution in [0, 0.1) is 0 Å². The molecule has 0 aromatic heterocycles. The summed E-state index contributed by atoms with van der Waals surface area (Å²) in [6.07, 6.45) is 9.84. The van der Waals surface area contributed by atoms with Gasteiger partial charge in [0.05, 0.1) is 30.9 Å². The Morgan fingerprint density at radius 3 is 2.81 bits per heavy atom. The highest BCUT2D eigenvalue weighted by molar-refractivity contribution is 14.0. The molecule has 2 unspecified atom stereocenters. The summed E-state index contributed by atoms with van der Waals surface area (Å²) in [6, 6.07) is 8.30. The minimum atomic E-state index is 0. The Kier molecular flexibility index (Phi) is 6.66. The van der Waals surface area contributed by atoms with Crippen LogP contribution in [0.15, 0.2) is 29.3 Å². The van der Waals surface area contributed by atoms with Gasteiger partial charge < -0.3 is 20.5 Å². The summed E-state index contributed by atoms with van der Waals surface area (Å²) in [5, 5.41) is 3.36. The van der Waals surface area contributed by atoms with Gasteiger partial charge in [0.2, 0.25) is 0 Å². The topological polar surface area (TPSA) is 68.9 Å². The third-order valence-electron chi connectivity index (χ3n) is 5.85. The molecule has 6 heteroatoms. The molecule has 1 spiro atoms. The van der Waals surface area contributed by atoms with Crippen molar-refractivity contribution in [1.29, 1.82) is 0 Å². The van der Waals surface area contributed by atoms with Crippen LogP contribution in [0.3, 0.4) is 0 Å². The first-order chi connectivity index (χ1) is 12.2. The van der Waals surface area contributed by atoms with E-state index in [9.17, 15) is 0 Å². The van der Waals surface area contributed by atoms with Gasteiger partial charge in [-0.15, -0.1) is 24.0 Å². The van der Waals surface area contributed by atoms with Crippen molar-refractivity contribution < 1.29 is 9.47 Å². The average molecular weight is 471 g/mol. The lowest BCUT2D eigenvalue weighted by atomic mass is 9.83. The molecule has 5 nitrogen and oxygen atoms in total. The molecule has 2 aliphatic heterocycles. The van der Waals surface area contributed by atoms with E-state index in [-0.39, 0.29) is 41.7 Å². The Labute approximate surface area is 173 Å². The Hall–Kier alpha value is -1.02. The minimum absolute atomic E-state index is 0. The second-order valence-electron chi connectivity index (χ2n) is 7.62. The molecule has 3 N–H and O–H groups in total. The fraction of sp³-hybridized carbons (Fsp3) is 0.650. The van der Waals surface area contributed by atoms with Crippen LogP contribution in [0.5, 0.6) is 5.75 Å². The van der Waals surface area contributed by atoms with E-state index in [0.29, 0.717) is 19.1 Å². The molecule has 4 rings (SSSR count). The largest absolute Gasteiger partial charge is 0.493 e. The van der Waals surface area contributed by atoms with Crippen molar-refractivity contribution in [3.05, 3.63) is 29.8 Å². The number of para-hydroxylation sites is 1. The molecule has 2 fully saturated rings. The molecule has 26 heavy (non-hydrogen) atoms. The Morgan fingerprint density at radius 1 is 1.15 bits per heavy atom. The molecule has 2 atom stereocenters. The van der Waals surface area contributed by atoms with Crippen LogP contribution in [-0.2, 0) is 4.74 Å². The maximum absolute atomic E-state index is 6.38. The monoisotopic (exact) mass is 471 g/mol. The molecule has 1 saturated carbocycles. The normalized spacial score (nSPS) is 27.3. The highest BCUT2D eigenvalue weighted by Crippen LogP contribution is 2.41. The lowest BCUT2D eigenvalue weighted by molar-refractivity contribution is -0.0599. The van der Waals surface area contributed by atoms with Crippen molar-refractivity contribution in [3.63, 3.8) is 0 Å². The number of rotatable bonds is 3. The fourth-order valence-electron chi connectivity index (χ4n) is 4.50. The predicted molar refractivity (Wildman–Crippen MR) is 114 cm³/mol. The van der Waals surface area contributed by atoms with Gasteiger partial charge in [0, 0.05) is 12.0 Å². The van der Waals surface area contributed by atoms with Crippen LogP contribution in [0.2, 0.25) is 0 Å². The Bertz CT molecular complexity index is 631. The summed E-state index contributed by atoms with van der Waals surface area (Å²) in [4.78, 5) is 4.57. The maximum atomic E-state index is 6.38. The van der Waals surface area contributed by atoms with Crippen molar-refractivity contribution in [1.82, 2.24) is 5.32 Å². The van der Waals surface area contributed by atoms with Gasteiger partial charge in [-0.2, -0.15) is 0 Å². The van der Waals surface area contributed by atoms with Gasteiger partial charge in [-0.25, -0.2) is 0 Å². The van der Waals surface area contributed by atoms with Crippen LogP contribution >= 0.6 is 24.0 Å². The van der Waals surface area contributed by atoms with E-state index in [1.54, 1.807) is 0 Å².